The van der Waals surface area contributed by atoms with Gasteiger partial charge >= 0.3 is 0 Å². The molecule has 0 fully saturated rings. The molecule has 0 saturated heterocycles. The highest BCUT2D eigenvalue weighted by atomic mass is 79.9. The standard InChI is InChI=1S/C22H18BrN3/c1-3-19(23)15-14-16(2)20-24-21(17-10-6-4-7-11-17)26-22(25-20)18-12-8-5-9-13-18/h3-15H,1H2,2H3/b16-14+,19-15+. The van der Waals surface area contributed by atoms with Crippen molar-refractivity contribution in [1.29, 1.82) is 0 Å². The predicted octanol–water partition coefficient (Wildman–Crippen LogP) is 6.07. The second kappa shape index (κ2) is 8.50. The molecule has 0 bridgehead atoms. The monoisotopic (exact) mass is 403 g/mol. The lowest BCUT2D eigenvalue weighted by molar-refractivity contribution is 1.03. The number of rotatable bonds is 5. The topological polar surface area (TPSA) is 38.7 Å². The first-order valence-electron chi connectivity index (χ1n) is 8.21. The summed E-state index contributed by atoms with van der Waals surface area (Å²) in [6.07, 6.45) is 5.63. The summed E-state index contributed by atoms with van der Waals surface area (Å²) in [7, 11) is 0. The molecule has 0 unspecified atom stereocenters. The summed E-state index contributed by atoms with van der Waals surface area (Å²) in [5.74, 6) is 1.97. The molecule has 4 heteroatoms. The van der Waals surface area contributed by atoms with Gasteiger partial charge < -0.3 is 0 Å². The van der Waals surface area contributed by atoms with Crippen LogP contribution in [0.15, 0.2) is 90.0 Å². The quantitative estimate of drug-likeness (QED) is 0.484. The fraction of sp³-hybridized carbons (Fsp3) is 0.0455. The summed E-state index contributed by atoms with van der Waals surface area (Å²) in [4.78, 5) is 14.0. The van der Waals surface area contributed by atoms with Crippen LogP contribution in [0.4, 0.5) is 0 Å². The lowest BCUT2D eigenvalue weighted by atomic mass is 10.1. The Balaban J connectivity index is 2.13. The van der Waals surface area contributed by atoms with Crippen molar-refractivity contribution < 1.29 is 0 Å². The van der Waals surface area contributed by atoms with E-state index in [9.17, 15) is 0 Å². The molecular formula is C22H18BrN3. The Morgan fingerprint density at radius 3 is 1.77 bits per heavy atom. The van der Waals surface area contributed by atoms with Gasteiger partial charge in [0.25, 0.3) is 0 Å². The third-order valence-corrected chi connectivity index (χ3v) is 4.33. The van der Waals surface area contributed by atoms with Crippen molar-refractivity contribution in [2.45, 2.75) is 6.92 Å². The van der Waals surface area contributed by atoms with E-state index in [4.69, 9.17) is 0 Å². The van der Waals surface area contributed by atoms with Crippen LogP contribution >= 0.6 is 15.9 Å². The first kappa shape index (κ1) is 18.0. The molecule has 0 spiro atoms. The maximum atomic E-state index is 4.68. The van der Waals surface area contributed by atoms with Crippen molar-refractivity contribution in [3.63, 3.8) is 0 Å². The number of hydrogen-bond donors (Lipinski definition) is 0. The fourth-order valence-electron chi connectivity index (χ4n) is 2.33. The minimum atomic E-state index is 0.651. The highest BCUT2D eigenvalue weighted by molar-refractivity contribution is 9.11. The number of aromatic nitrogens is 3. The van der Waals surface area contributed by atoms with Crippen molar-refractivity contribution in [3.8, 4) is 22.8 Å². The number of hydrogen-bond acceptors (Lipinski definition) is 3. The highest BCUT2D eigenvalue weighted by Crippen LogP contribution is 2.22. The number of nitrogens with zero attached hydrogens (tertiary/aromatic N) is 3. The molecule has 0 aliphatic heterocycles. The average molecular weight is 404 g/mol. The van der Waals surface area contributed by atoms with Crippen LogP contribution in [0.25, 0.3) is 28.3 Å². The lowest BCUT2D eigenvalue weighted by Crippen LogP contribution is -2.01. The van der Waals surface area contributed by atoms with E-state index in [2.05, 4.69) is 37.5 Å². The van der Waals surface area contributed by atoms with Crippen molar-refractivity contribution in [1.82, 2.24) is 15.0 Å². The van der Waals surface area contributed by atoms with Crippen LogP contribution in [-0.4, -0.2) is 15.0 Å². The predicted molar refractivity (Wildman–Crippen MR) is 112 cm³/mol. The van der Waals surface area contributed by atoms with E-state index in [1.54, 1.807) is 6.08 Å². The Bertz CT molecular complexity index is 903. The molecule has 2 aromatic carbocycles. The van der Waals surface area contributed by atoms with E-state index in [0.717, 1.165) is 21.2 Å². The Hall–Kier alpha value is -2.85. The molecule has 0 amide bonds. The van der Waals surface area contributed by atoms with Crippen LogP contribution in [0.1, 0.15) is 12.7 Å². The second-order valence-electron chi connectivity index (χ2n) is 5.64. The van der Waals surface area contributed by atoms with Gasteiger partial charge in [-0.25, -0.2) is 15.0 Å². The lowest BCUT2D eigenvalue weighted by Gasteiger charge is -2.08. The van der Waals surface area contributed by atoms with E-state index in [0.29, 0.717) is 17.5 Å². The van der Waals surface area contributed by atoms with Gasteiger partial charge in [-0.15, -0.1) is 0 Å². The minimum Gasteiger partial charge on any atom is -0.209 e. The van der Waals surface area contributed by atoms with Gasteiger partial charge in [0.1, 0.15) is 0 Å². The molecule has 0 atom stereocenters. The zero-order valence-electron chi connectivity index (χ0n) is 14.4. The van der Waals surface area contributed by atoms with Crippen LogP contribution in [0.5, 0.6) is 0 Å². The number of benzene rings is 2. The van der Waals surface area contributed by atoms with Crippen molar-refractivity contribution in [3.05, 3.63) is 95.8 Å². The van der Waals surface area contributed by atoms with Crippen molar-refractivity contribution in [2.75, 3.05) is 0 Å². The summed E-state index contributed by atoms with van der Waals surface area (Å²) >= 11 is 3.43. The van der Waals surface area contributed by atoms with Crippen molar-refractivity contribution in [2.24, 2.45) is 0 Å². The van der Waals surface area contributed by atoms with Gasteiger partial charge in [-0.05, 0) is 18.6 Å². The van der Waals surface area contributed by atoms with Gasteiger partial charge in [0.15, 0.2) is 17.5 Å². The molecule has 1 heterocycles. The smallest absolute Gasteiger partial charge is 0.164 e. The Labute approximate surface area is 162 Å². The normalized spacial score (nSPS) is 12.1. The zero-order chi connectivity index (χ0) is 18.4. The molecule has 3 aromatic rings. The van der Waals surface area contributed by atoms with E-state index in [1.807, 2.05) is 79.7 Å². The molecule has 128 valence electrons. The van der Waals surface area contributed by atoms with E-state index in [1.165, 1.54) is 0 Å². The first-order valence-corrected chi connectivity index (χ1v) is 9.00. The fourth-order valence-corrected chi connectivity index (χ4v) is 2.46. The van der Waals surface area contributed by atoms with E-state index in [-0.39, 0.29) is 0 Å². The highest BCUT2D eigenvalue weighted by Gasteiger charge is 2.11. The van der Waals surface area contributed by atoms with Gasteiger partial charge in [0.05, 0.1) is 0 Å². The molecule has 1 aromatic heterocycles. The zero-order valence-corrected chi connectivity index (χ0v) is 16.0. The molecule has 26 heavy (non-hydrogen) atoms. The van der Waals surface area contributed by atoms with Crippen LogP contribution in [0.2, 0.25) is 0 Å². The second-order valence-corrected chi connectivity index (χ2v) is 6.56. The van der Waals surface area contributed by atoms with Crippen molar-refractivity contribution >= 4 is 21.5 Å². The largest absolute Gasteiger partial charge is 0.209 e. The van der Waals surface area contributed by atoms with Crippen LogP contribution in [-0.2, 0) is 0 Å². The van der Waals surface area contributed by atoms with Gasteiger partial charge in [0, 0.05) is 15.6 Å². The molecule has 0 saturated carbocycles. The van der Waals surface area contributed by atoms with Gasteiger partial charge in [-0.2, -0.15) is 0 Å². The molecule has 0 aliphatic carbocycles. The van der Waals surface area contributed by atoms with Crippen LogP contribution in [0, 0.1) is 0 Å². The summed E-state index contributed by atoms with van der Waals surface area (Å²) in [5, 5.41) is 0. The number of halogens is 1. The summed E-state index contributed by atoms with van der Waals surface area (Å²) < 4.78 is 0.900. The Morgan fingerprint density at radius 1 is 0.808 bits per heavy atom. The van der Waals surface area contributed by atoms with E-state index >= 15 is 0 Å². The average Bonchev–Trinajstić information content (AvgIpc) is 2.72. The molecule has 3 rings (SSSR count). The maximum absolute atomic E-state index is 4.68. The summed E-state index contributed by atoms with van der Waals surface area (Å²) in [6.45, 7) is 5.72. The third-order valence-electron chi connectivity index (χ3n) is 3.74. The summed E-state index contributed by atoms with van der Waals surface area (Å²) in [5.41, 5.74) is 2.87. The van der Waals surface area contributed by atoms with Crippen LogP contribution in [0.3, 0.4) is 0 Å². The SMILES string of the molecule is C=C/C(Br)=C\C=C(/C)c1nc(-c2ccccc2)nc(-c2ccccc2)n1. The van der Waals surface area contributed by atoms with Gasteiger partial charge in [0.2, 0.25) is 0 Å². The maximum Gasteiger partial charge on any atom is 0.164 e. The van der Waals surface area contributed by atoms with Gasteiger partial charge in [-0.1, -0.05) is 95.3 Å². The molecule has 0 radical (unpaired) electrons. The molecular weight excluding hydrogens is 386 g/mol. The Kier molecular flexibility index (Phi) is 5.87. The van der Waals surface area contributed by atoms with Crippen LogP contribution < -0.4 is 0 Å². The van der Waals surface area contributed by atoms with Gasteiger partial charge in [-0.3, -0.25) is 0 Å². The molecule has 3 nitrogen and oxygen atoms in total. The Morgan fingerprint density at radius 2 is 1.31 bits per heavy atom. The molecule has 0 N–H and O–H groups in total. The molecule has 0 aliphatic rings. The first-order chi connectivity index (χ1) is 12.7. The number of allylic oxidation sites excluding steroid dienone is 5. The minimum absolute atomic E-state index is 0.651. The third kappa shape index (κ3) is 4.41. The van der Waals surface area contributed by atoms with E-state index < -0.39 is 0 Å². The summed E-state index contributed by atoms with van der Waals surface area (Å²) in [6, 6.07) is 19.9.